The van der Waals surface area contributed by atoms with Crippen molar-refractivity contribution in [1.29, 1.82) is 0 Å². The SMILES string of the molecule is Cc1cnc(NC2CC=CCC2)nc1-n1cnc(C(=O)N(C)[C@H](CN)c2cccc(Cl)c2)c1. The maximum atomic E-state index is 13.2. The zero-order valence-electron chi connectivity index (χ0n) is 18.8. The van der Waals surface area contributed by atoms with Gasteiger partial charge in [0.05, 0.1) is 6.04 Å². The molecule has 1 aliphatic rings. The third-order valence-electron chi connectivity index (χ3n) is 5.84. The maximum absolute atomic E-state index is 13.2. The summed E-state index contributed by atoms with van der Waals surface area (Å²) >= 11 is 6.13. The fourth-order valence-corrected chi connectivity index (χ4v) is 4.17. The molecule has 1 aliphatic carbocycles. The Hall–Kier alpha value is -3.23. The van der Waals surface area contributed by atoms with Gasteiger partial charge in [0.2, 0.25) is 5.95 Å². The molecule has 3 aromatic rings. The second-order valence-corrected chi connectivity index (χ2v) is 8.65. The molecule has 8 nitrogen and oxygen atoms in total. The minimum atomic E-state index is -0.317. The summed E-state index contributed by atoms with van der Waals surface area (Å²) in [7, 11) is 1.72. The molecule has 1 unspecified atom stereocenters. The van der Waals surface area contributed by atoms with E-state index < -0.39 is 0 Å². The van der Waals surface area contributed by atoms with E-state index in [1.54, 1.807) is 41.3 Å². The predicted octanol–water partition coefficient (Wildman–Crippen LogP) is 3.92. The van der Waals surface area contributed by atoms with Crippen LogP contribution in [0.25, 0.3) is 5.82 Å². The summed E-state index contributed by atoms with van der Waals surface area (Å²) in [4.78, 5) is 28.2. The van der Waals surface area contributed by atoms with E-state index in [2.05, 4.69) is 32.4 Å². The zero-order chi connectivity index (χ0) is 23.4. The van der Waals surface area contributed by atoms with Crippen LogP contribution in [0.4, 0.5) is 5.95 Å². The summed E-state index contributed by atoms with van der Waals surface area (Å²) in [6.07, 6.45) is 12.5. The van der Waals surface area contributed by atoms with Crippen molar-refractivity contribution >= 4 is 23.5 Å². The van der Waals surface area contributed by atoms with Crippen LogP contribution >= 0.6 is 11.6 Å². The Bertz CT molecular complexity index is 1160. The molecule has 2 aromatic heterocycles. The molecule has 1 aromatic carbocycles. The van der Waals surface area contributed by atoms with Gasteiger partial charge in [0.15, 0.2) is 0 Å². The van der Waals surface area contributed by atoms with Gasteiger partial charge in [-0.15, -0.1) is 0 Å². The number of anilines is 1. The highest BCUT2D eigenvalue weighted by atomic mass is 35.5. The minimum absolute atomic E-state index is 0.233. The lowest BCUT2D eigenvalue weighted by atomic mass is 10.0. The fraction of sp³-hybridized carbons (Fsp3) is 0.333. The molecule has 0 radical (unpaired) electrons. The lowest BCUT2D eigenvalue weighted by Gasteiger charge is -2.27. The number of nitrogens with two attached hydrogens (primary N) is 1. The molecule has 2 atom stereocenters. The number of benzene rings is 1. The van der Waals surface area contributed by atoms with Gasteiger partial charge < -0.3 is 16.0 Å². The number of nitrogens with zero attached hydrogens (tertiary/aromatic N) is 5. The number of halogens is 1. The van der Waals surface area contributed by atoms with Gasteiger partial charge in [0.25, 0.3) is 5.91 Å². The van der Waals surface area contributed by atoms with Crippen molar-refractivity contribution < 1.29 is 4.79 Å². The van der Waals surface area contributed by atoms with Gasteiger partial charge in [-0.3, -0.25) is 9.36 Å². The van der Waals surface area contributed by atoms with E-state index in [4.69, 9.17) is 17.3 Å². The molecular formula is C24H28ClN7O. The van der Waals surface area contributed by atoms with Crippen molar-refractivity contribution in [1.82, 2.24) is 24.4 Å². The van der Waals surface area contributed by atoms with Gasteiger partial charge in [-0.25, -0.2) is 9.97 Å². The summed E-state index contributed by atoms with van der Waals surface area (Å²) < 4.78 is 1.75. The van der Waals surface area contributed by atoms with Gasteiger partial charge in [-0.1, -0.05) is 35.9 Å². The highest BCUT2D eigenvalue weighted by molar-refractivity contribution is 6.30. The molecule has 0 aliphatic heterocycles. The molecule has 4 rings (SSSR count). The van der Waals surface area contributed by atoms with Crippen LogP contribution in [0.2, 0.25) is 5.02 Å². The monoisotopic (exact) mass is 465 g/mol. The standard InChI is InChI=1S/C24H28ClN7O/c1-16-13-27-24(29-19-9-4-3-5-10-19)30-22(16)32-14-20(28-15-32)23(33)31(2)21(12-26)17-7-6-8-18(25)11-17/h3-4,6-8,11,13-15,19,21H,5,9-10,12,26H2,1-2H3,(H,27,29,30)/t19?,21-/m1/s1. The normalized spacial score (nSPS) is 16.4. The molecule has 0 fully saturated rings. The van der Waals surface area contributed by atoms with E-state index in [0.717, 1.165) is 30.4 Å². The first kappa shape index (κ1) is 22.9. The average Bonchev–Trinajstić information content (AvgIpc) is 3.31. The van der Waals surface area contributed by atoms with E-state index >= 15 is 0 Å². The number of hydrogen-bond donors (Lipinski definition) is 2. The molecule has 2 heterocycles. The molecule has 0 saturated heterocycles. The predicted molar refractivity (Wildman–Crippen MR) is 130 cm³/mol. The summed E-state index contributed by atoms with van der Waals surface area (Å²) in [6.45, 7) is 2.19. The highest BCUT2D eigenvalue weighted by Crippen LogP contribution is 2.23. The van der Waals surface area contributed by atoms with Crippen molar-refractivity contribution in [3.8, 4) is 5.82 Å². The molecular weight excluding hydrogens is 438 g/mol. The van der Waals surface area contributed by atoms with Crippen molar-refractivity contribution in [3.63, 3.8) is 0 Å². The number of allylic oxidation sites excluding steroid dienone is 1. The quantitative estimate of drug-likeness (QED) is 0.513. The van der Waals surface area contributed by atoms with E-state index in [9.17, 15) is 4.79 Å². The molecule has 1 amide bonds. The fourth-order valence-electron chi connectivity index (χ4n) is 3.97. The molecule has 0 bridgehead atoms. The molecule has 33 heavy (non-hydrogen) atoms. The Kier molecular flexibility index (Phi) is 7.05. The van der Waals surface area contributed by atoms with Crippen molar-refractivity contribution in [2.24, 2.45) is 5.73 Å². The van der Waals surface area contributed by atoms with Crippen LogP contribution in [0.1, 0.15) is 46.9 Å². The molecule has 9 heteroatoms. The van der Waals surface area contributed by atoms with E-state index in [1.165, 1.54) is 0 Å². The highest BCUT2D eigenvalue weighted by Gasteiger charge is 2.24. The van der Waals surface area contributed by atoms with Crippen molar-refractivity contribution in [3.05, 3.63) is 77.0 Å². The zero-order valence-corrected chi connectivity index (χ0v) is 19.5. The largest absolute Gasteiger partial charge is 0.351 e. The molecule has 0 saturated carbocycles. The van der Waals surface area contributed by atoms with Gasteiger partial charge in [-0.2, -0.15) is 4.98 Å². The van der Waals surface area contributed by atoms with Gasteiger partial charge in [0.1, 0.15) is 17.8 Å². The van der Waals surface area contributed by atoms with Crippen molar-refractivity contribution in [2.75, 3.05) is 18.9 Å². The second kappa shape index (κ2) is 10.1. The van der Waals surface area contributed by atoms with Gasteiger partial charge in [0, 0.05) is 42.6 Å². The van der Waals surface area contributed by atoms with E-state index in [1.807, 2.05) is 25.1 Å². The first-order chi connectivity index (χ1) is 16.0. The summed E-state index contributed by atoms with van der Waals surface area (Å²) in [5.74, 6) is 1.01. The maximum Gasteiger partial charge on any atom is 0.274 e. The number of rotatable bonds is 7. The lowest BCUT2D eigenvalue weighted by molar-refractivity contribution is 0.0729. The molecule has 0 spiro atoms. The Labute approximate surface area is 198 Å². The summed E-state index contributed by atoms with van der Waals surface area (Å²) in [5, 5.41) is 4.01. The third kappa shape index (κ3) is 5.23. The topological polar surface area (TPSA) is 102 Å². The Morgan fingerprint density at radius 2 is 2.21 bits per heavy atom. The van der Waals surface area contributed by atoms with Crippen LogP contribution in [-0.4, -0.2) is 50.0 Å². The average molecular weight is 466 g/mol. The van der Waals surface area contributed by atoms with Crippen LogP contribution in [-0.2, 0) is 0 Å². The van der Waals surface area contributed by atoms with E-state index in [-0.39, 0.29) is 18.5 Å². The second-order valence-electron chi connectivity index (χ2n) is 8.21. The van der Waals surface area contributed by atoms with Crippen molar-refractivity contribution in [2.45, 2.75) is 38.3 Å². The Morgan fingerprint density at radius 3 is 2.94 bits per heavy atom. The number of imidazole rings is 1. The van der Waals surface area contributed by atoms with Crippen LogP contribution in [0.3, 0.4) is 0 Å². The van der Waals surface area contributed by atoms with Gasteiger partial charge in [-0.05, 0) is 43.9 Å². The van der Waals surface area contributed by atoms with Gasteiger partial charge >= 0.3 is 0 Å². The number of nitrogens with one attached hydrogen (secondary N) is 1. The van der Waals surface area contributed by atoms with Crippen LogP contribution in [0.5, 0.6) is 0 Å². The summed E-state index contributed by atoms with van der Waals surface area (Å²) in [6, 6.07) is 7.37. The number of hydrogen-bond acceptors (Lipinski definition) is 6. The minimum Gasteiger partial charge on any atom is -0.351 e. The number of aryl methyl sites for hydroxylation is 1. The number of likely N-dealkylation sites (N-methyl/N-ethyl adjacent to an activating group) is 1. The molecule has 3 N–H and O–H groups in total. The number of aromatic nitrogens is 4. The Morgan fingerprint density at radius 1 is 1.36 bits per heavy atom. The molecule has 172 valence electrons. The van der Waals surface area contributed by atoms with E-state index in [0.29, 0.717) is 28.5 Å². The number of carbonyl (C=O) groups excluding carboxylic acids is 1. The smallest absolute Gasteiger partial charge is 0.274 e. The first-order valence-corrected chi connectivity index (χ1v) is 11.4. The lowest BCUT2D eigenvalue weighted by Crippen LogP contribution is -2.35. The third-order valence-corrected chi connectivity index (χ3v) is 6.07. The Balaban J connectivity index is 1.54. The summed E-state index contributed by atoms with van der Waals surface area (Å²) in [5.41, 5.74) is 8.06. The number of amides is 1. The van der Waals surface area contributed by atoms with Crippen LogP contribution in [0.15, 0.2) is 55.1 Å². The number of carbonyl (C=O) groups is 1. The van der Waals surface area contributed by atoms with Crippen LogP contribution < -0.4 is 11.1 Å². The van der Waals surface area contributed by atoms with Crippen LogP contribution in [0, 0.1) is 6.92 Å². The first-order valence-electron chi connectivity index (χ1n) is 11.0.